The summed E-state index contributed by atoms with van der Waals surface area (Å²) >= 11 is 4.49. The topological polar surface area (TPSA) is 68.0 Å². The zero-order valence-corrected chi connectivity index (χ0v) is 15.3. The van der Waals surface area contributed by atoms with Gasteiger partial charge in [0.1, 0.15) is 6.17 Å². The van der Waals surface area contributed by atoms with Gasteiger partial charge >= 0.3 is 5.97 Å². The second-order valence-corrected chi connectivity index (χ2v) is 7.50. The van der Waals surface area contributed by atoms with Gasteiger partial charge in [-0.1, -0.05) is 42.1 Å². The van der Waals surface area contributed by atoms with E-state index in [1.807, 2.05) is 36.4 Å². The lowest BCUT2D eigenvalue weighted by atomic mass is 9.99. The van der Waals surface area contributed by atoms with Crippen molar-refractivity contribution in [3.63, 3.8) is 0 Å². The normalized spacial score (nSPS) is 19.3. The summed E-state index contributed by atoms with van der Waals surface area (Å²) in [5.74, 6) is -1.06. The van der Waals surface area contributed by atoms with Crippen LogP contribution < -0.4 is 0 Å². The zero-order chi connectivity index (χ0) is 17.6. The number of nitrogens with zero attached hydrogens (tertiary/aromatic N) is 3. The Balaban J connectivity index is 1.86. The molecule has 1 N–H and O–H groups in total. The number of rotatable bonds is 5. The van der Waals surface area contributed by atoms with Crippen molar-refractivity contribution in [2.24, 2.45) is 0 Å². The minimum Gasteiger partial charge on any atom is -0.481 e. The van der Waals surface area contributed by atoms with Crippen molar-refractivity contribution in [1.82, 2.24) is 14.8 Å². The van der Waals surface area contributed by atoms with Crippen LogP contribution in [0.5, 0.6) is 0 Å². The number of carboxylic acid groups (broad SMARTS) is 1. The number of thioether (sulfide) groups is 1. The summed E-state index contributed by atoms with van der Waals surface area (Å²) in [6.07, 6.45) is -0.197. The molecule has 128 valence electrons. The summed E-state index contributed by atoms with van der Waals surface area (Å²) in [6, 6.07) is 11.7. The molecule has 1 aliphatic rings. The van der Waals surface area contributed by atoms with Crippen LogP contribution in [0.3, 0.4) is 0 Å². The highest BCUT2D eigenvalue weighted by molar-refractivity contribution is 9.10. The maximum Gasteiger partial charge on any atom is 0.313 e. The predicted molar refractivity (Wildman–Crippen MR) is 97.2 cm³/mol. The molecule has 0 aliphatic heterocycles. The molecule has 0 bridgehead atoms. The maximum atomic E-state index is 13.6. The van der Waals surface area contributed by atoms with Crippen molar-refractivity contribution in [2.45, 2.75) is 23.7 Å². The summed E-state index contributed by atoms with van der Waals surface area (Å²) in [7, 11) is 0. The number of alkyl halides is 1. The number of halogens is 2. The van der Waals surface area contributed by atoms with Crippen molar-refractivity contribution >= 4 is 44.4 Å². The fraction of sp³-hybridized carbons (Fsp3) is 0.235. The Kier molecular flexibility index (Phi) is 4.24. The van der Waals surface area contributed by atoms with Gasteiger partial charge in [0.05, 0.1) is 11.4 Å². The Bertz CT molecular complexity index is 978. The summed E-state index contributed by atoms with van der Waals surface area (Å²) in [6.45, 7) is 0. The number of aliphatic carboxylic acids is 1. The van der Waals surface area contributed by atoms with Crippen LogP contribution in [-0.2, 0) is 4.79 Å². The van der Waals surface area contributed by atoms with Crippen LogP contribution in [-0.4, -0.2) is 37.8 Å². The SMILES string of the molecule is O=C(O)CSc1nnc(Br)n1-c1ccc(C2CC2F)c2ccccc12. The molecule has 2 atom stereocenters. The molecule has 0 saturated heterocycles. The van der Waals surface area contributed by atoms with Gasteiger partial charge in [0.15, 0.2) is 5.16 Å². The Hall–Kier alpha value is -1.93. The first-order valence-corrected chi connectivity index (χ1v) is 9.45. The minimum atomic E-state index is -0.918. The number of hydrogen-bond acceptors (Lipinski definition) is 4. The van der Waals surface area contributed by atoms with Gasteiger partial charge in [0.2, 0.25) is 4.73 Å². The number of carboxylic acids is 1. The van der Waals surface area contributed by atoms with Gasteiger partial charge in [-0.15, -0.1) is 10.2 Å². The van der Waals surface area contributed by atoms with E-state index in [0.29, 0.717) is 16.3 Å². The molecular formula is C17H13BrFN3O2S. The molecule has 1 heterocycles. The fourth-order valence-electron chi connectivity index (χ4n) is 2.99. The standard InChI is InChI=1S/C17H13BrFN3O2S/c18-16-20-21-17(25-8-15(23)24)22(16)14-6-5-10(12-7-13(12)19)9-3-1-2-4-11(9)14/h1-6,12-13H,7-8H2,(H,23,24). The van der Waals surface area contributed by atoms with E-state index in [4.69, 9.17) is 5.11 Å². The third-order valence-electron chi connectivity index (χ3n) is 4.21. The van der Waals surface area contributed by atoms with Crippen LogP contribution in [0.2, 0.25) is 0 Å². The first-order chi connectivity index (χ1) is 12.1. The summed E-state index contributed by atoms with van der Waals surface area (Å²) in [5, 5.41) is 19.4. The first-order valence-electron chi connectivity index (χ1n) is 7.68. The summed E-state index contributed by atoms with van der Waals surface area (Å²) in [4.78, 5) is 10.9. The summed E-state index contributed by atoms with van der Waals surface area (Å²) < 4.78 is 15.8. The van der Waals surface area contributed by atoms with E-state index in [9.17, 15) is 9.18 Å². The van der Waals surface area contributed by atoms with Crippen LogP contribution >= 0.6 is 27.7 Å². The van der Waals surface area contributed by atoms with E-state index in [0.717, 1.165) is 33.8 Å². The van der Waals surface area contributed by atoms with Gasteiger partial charge in [-0.2, -0.15) is 0 Å². The summed E-state index contributed by atoms with van der Waals surface area (Å²) in [5.41, 5.74) is 1.84. The van der Waals surface area contributed by atoms with Gasteiger partial charge in [0.25, 0.3) is 0 Å². The number of hydrogen-bond donors (Lipinski definition) is 1. The first kappa shape index (κ1) is 16.5. The number of carbonyl (C=O) groups is 1. The second kappa shape index (κ2) is 6.42. The molecule has 2 unspecified atom stereocenters. The molecule has 3 aromatic rings. The van der Waals surface area contributed by atoms with Gasteiger partial charge in [-0.3, -0.25) is 9.36 Å². The lowest BCUT2D eigenvalue weighted by Crippen LogP contribution is -2.03. The molecule has 5 nitrogen and oxygen atoms in total. The average Bonchev–Trinajstić information content (AvgIpc) is 3.21. The fourth-order valence-corrected chi connectivity index (χ4v) is 4.21. The quantitative estimate of drug-likeness (QED) is 0.625. The zero-order valence-electron chi connectivity index (χ0n) is 12.9. The Morgan fingerprint density at radius 2 is 2.00 bits per heavy atom. The molecule has 1 fully saturated rings. The highest BCUT2D eigenvalue weighted by Crippen LogP contribution is 2.46. The lowest BCUT2D eigenvalue weighted by Gasteiger charge is -2.13. The van der Waals surface area contributed by atoms with Crippen molar-refractivity contribution < 1.29 is 14.3 Å². The molecule has 0 amide bonds. The van der Waals surface area contributed by atoms with Crippen molar-refractivity contribution in [1.29, 1.82) is 0 Å². The van der Waals surface area contributed by atoms with E-state index in [-0.39, 0.29) is 11.7 Å². The minimum absolute atomic E-state index is 0.0378. The van der Waals surface area contributed by atoms with Crippen LogP contribution in [0.4, 0.5) is 4.39 Å². The van der Waals surface area contributed by atoms with E-state index >= 15 is 0 Å². The number of fused-ring (bicyclic) bond motifs is 1. The molecule has 25 heavy (non-hydrogen) atoms. The van der Waals surface area contributed by atoms with Crippen LogP contribution in [0.1, 0.15) is 17.9 Å². The van der Waals surface area contributed by atoms with Crippen molar-refractivity contribution in [3.8, 4) is 5.69 Å². The van der Waals surface area contributed by atoms with E-state index in [2.05, 4.69) is 26.1 Å². The second-order valence-electron chi connectivity index (χ2n) is 5.85. The van der Waals surface area contributed by atoms with Gasteiger partial charge < -0.3 is 5.11 Å². The molecule has 1 saturated carbocycles. The number of benzene rings is 2. The highest BCUT2D eigenvalue weighted by Gasteiger charge is 2.39. The van der Waals surface area contributed by atoms with Crippen LogP contribution in [0.25, 0.3) is 16.5 Å². The molecule has 0 radical (unpaired) electrons. The van der Waals surface area contributed by atoms with E-state index < -0.39 is 12.1 Å². The average molecular weight is 422 g/mol. The largest absolute Gasteiger partial charge is 0.481 e. The smallest absolute Gasteiger partial charge is 0.313 e. The van der Waals surface area contributed by atoms with E-state index in [1.165, 1.54) is 0 Å². The third kappa shape index (κ3) is 3.04. The lowest BCUT2D eigenvalue weighted by molar-refractivity contribution is -0.133. The van der Waals surface area contributed by atoms with Crippen LogP contribution in [0.15, 0.2) is 46.3 Å². The Morgan fingerprint density at radius 3 is 2.68 bits per heavy atom. The van der Waals surface area contributed by atoms with Gasteiger partial charge in [0, 0.05) is 11.3 Å². The third-order valence-corrected chi connectivity index (χ3v) is 5.63. The number of aromatic nitrogens is 3. The van der Waals surface area contributed by atoms with Gasteiger partial charge in [-0.25, -0.2) is 4.39 Å². The molecule has 0 spiro atoms. The molecule has 2 aromatic carbocycles. The predicted octanol–water partition coefficient (Wildman–Crippen LogP) is 4.19. The molecule has 4 rings (SSSR count). The van der Waals surface area contributed by atoms with Crippen molar-refractivity contribution in [3.05, 3.63) is 46.7 Å². The molecule has 1 aromatic heterocycles. The van der Waals surface area contributed by atoms with E-state index in [1.54, 1.807) is 4.57 Å². The Morgan fingerprint density at radius 1 is 1.28 bits per heavy atom. The Labute approximate surface area is 155 Å². The highest BCUT2D eigenvalue weighted by atomic mass is 79.9. The molecular weight excluding hydrogens is 409 g/mol. The van der Waals surface area contributed by atoms with Gasteiger partial charge in [-0.05, 0) is 39.4 Å². The maximum absolute atomic E-state index is 13.6. The molecule has 8 heteroatoms. The van der Waals surface area contributed by atoms with Crippen molar-refractivity contribution in [2.75, 3.05) is 5.75 Å². The van der Waals surface area contributed by atoms with Crippen LogP contribution in [0, 0.1) is 0 Å². The molecule has 1 aliphatic carbocycles. The monoisotopic (exact) mass is 421 g/mol.